The second-order valence-corrected chi connectivity index (χ2v) is 5.56. The van der Waals surface area contributed by atoms with Gasteiger partial charge in [0.1, 0.15) is 10.7 Å². The van der Waals surface area contributed by atoms with Gasteiger partial charge in [-0.25, -0.2) is 8.42 Å². The monoisotopic (exact) mass is 291 g/mol. The quantitative estimate of drug-likeness (QED) is 0.912. The van der Waals surface area contributed by atoms with E-state index in [1.807, 2.05) is 0 Å². The second kappa shape index (κ2) is 4.56. The zero-order valence-corrected chi connectivity index (χ0v) is 10.6. The van der Waals surface area contributed by atoms with Gasteiger partial charge in [0.25, 0.3) is 10.0 Å². The number of benzene rings is 1. The minimum atomic E-state index is -3.77. The Bertz CT molecular complexity index is 626. The van der Waals surface area contributed by atoms with Gasteiger partial charge in [0.2, 0.25) is 0 Å². The van der Waals surface area contributed by atoms with Crippen molar-refractivity contribution < 1.29 is 8.42 Å². The van der Waals surface area contributed by atoms with E-state index in [2.05, 4.69) is 14.9 Å². The average Bonchev–Trinajstić information content (AvgIpc) is 2.73. The van der Waals surface area contributed by atoms with Crippen molar-refractivity contribution in [2.24, 2.45) is 0 Å². The Hall–Kier alpha value is -1.24. The Morgan fingerprint density at radius 2 is 2.00 bits per heavy atom. The number of nitrogens with one attached hydrogen (secondary N) is 2. The summed E-state index contributed by atoms with van der Waals surface area (Å²) in [7, 11) is -3.77. The molecule has 0 aliphatic carbocycles. The number of aromatic amines is 1. The molecular weight excluding hydrogens is 285 g/mol. The standard InChI is InChI=1S/C9H7Cl2N3O2S/c10-6-2-1-3-7(9(6)11)17(15,16)14-8-4-5-12-13-8/h1-5H,(H2,12,13,14). The van der Waals surface area contributed by atoms with E-state index in [1.54, 1.807) is 0 Å². The molecule has 0 saturated carbocycles. The second-order valence-electron chi connectivity index (χ2n) is 3.13. The molecule has 17 heavy (non-hydrogen) atoms. The van der Waals surface area contributed by atoms with Crippen molar-refractivity contribution in [2.45, 2.75) is 4.90 Å². The number of H-pyrrole nitrogens is 1. The fourth-order valence-corrected chi connectivity index (χ4v) is 2.98. The Morgan fingerprint density at radius 3 is 2.65 bits per heavy atom. The number of nitrogens with zero attached hydrogens (tertiary/aromatic N) is 1. The van der Waals surface area contributed by atoms with Crippen LogP contribution >= 0.6 is 23.2 Å². The molecule has 0 saturated heterocycles. The van der Waals surface area contributed by atoms with Crippen molar-refractivity contribution in [2.75, 3.05) is 4.72 Å². The lowest BCUT2D eigenvalue weighted by atomic mass is 10.4. The first kappa shape index (κ1) is 12.2. The lowest BCUT2D eigenvalue weighted by Crippen LogP contribution is -2.13. The van der Waals surface area contributed by atoms with Gasteiger partial charge >= 0.3 is 0 Å². The highest BCUT2D eigenvalue weighted by atomic mass is 35.5. The maximum atomic E-state index is 12.0. The molecule has 90 valence electrons. The number of hydrogen-bond acceptors (Lipinski definition) is 3. The van der Waals surface area contributed by atoms with Crippen molar-refractivity contribution >= 4 is 39.0 Å². The zero-order valence-electron chi connectivity index (χ0n) is 8.31. The van der Waals surface area contributed by atoms with E-state index in [0.717, 1.165) is 0 Å². The highest BCUT2D eigenvalue weighted by molar-refractivity contribution is 7.92. The highest BCUT2D eigenvalue weighted by Gasteiger charge is 2.19. The fraction of sp³-hybridized carbons (Fsp3) is 0. The van der Waals surface area contributed by atoms with Crippen LogP contribution in [-0.4, -0.2) is 18.6 Å². The maximum absolute atomic E-state index is 12.0. The minimum absolute atomic E-state index is 0.0128. The van der Waals surface area contributed by atoms with Crippen LogP contribution in [-0.2, 0) is 10.0 Å². The molecule has 0 aliphatic heterocycles. The molecule has 1 aromatic heterocycles. The lowest BCUT2D eigenvalue weighted by Gasteiger charge is -2.08. The van der Waals surface area contributed by atoms with E-state index < -0.39 is 10.0 Å². The Labute approximate surface area is 108 Å². The third kappa shape index (κ3) is 2.54. The molecule has 1 aromatic carbocycles. The molecular formula is C9H7Cl2N3O2S. The molecule has 8 heteroatoms. The average molecular weight is 292 g/mol. The van der Waals surface area contributed by atoms with Gasteiger partial charge in [0.05, 0.1) is 16.2 Å². The molecule has 5 nitrogen and oxygen atoms in total. The van der Waals surface area contributed by atoms with Crippen LogP contribution in [0.25, 0.3) is 0 Å². The highest BCUT2D eigenvalue weighted by Crippen LogP contribution is 2.29. The van der Waals surface area contributed by atoms with Crippen molar-refractivity contribution in [3.63, 3.8) is 0 Å². The van der Waals surface area contributed by atoms with Gasteiger partial charge in [0, 0.05) is 6.07 Å². The summed E-state index contributed by atoms with van der Waals surface area (Å²) in [4.78, 5) is -0.0822. The SMILES string of the molecule is O=S(=O)(Nc1ccn[nH]1)c1cccc(Cl)c1Cl. The predicted molar refractivity (Wildman–Crippen MR) is 65.9 cm³/mol. The first-order valence-corrected chi connectivity index (χ1v) is 6.71. The summed E-state index contributed by atoms with van der Waals surface area (Å²) in [5.74, 6) is 0.251. The molecule has 0 amide bonds. The summed E-state index contributed by atoms with van der Waals surface area (Å²) < 4.78 is 26.2. The van der Waals surface area contributed by atoms with E-state index >= 15 is 0 Å². The van der Waals surface area contributed by atoms with E-state index in [-0.39, 0.29) is 20.8 Å². The van der Waals surface area contributed by atoms with Crippen molar-refractivity contribution in [1.29, 1.82) is 0 Å². The molecule has 0 fully saturated rings. The van der Waals surface area contributed by atoms with E-state index in [0.29, 0.717) is 0 Å². The minimum Gasteiger partial charge on any atom is -0.264 e. The van der Waals surface area contributed by atoms with Crippen molar-refractivity contribution in [3.8, 4) is 0 Å². The topological polar surface area (TPSA) is 74.8 Å². The van der Waals surface area contributed by atoms with Crippen LogP contribution in [0, 0.1) is 0 Å². The van der Waals surface area contributed by atoms with Crippen LogP contribution in [0.1, 0.15) is 0 Å². The van der Waals surface area contributed by atoms with E-state index in [4.69, 9.17) is 23.2 Å². The van der Waals surface area contributed by atoms with Crippen LogP contribution in [0.5, 0.6) is 0 Å². The molecule has 0 unspecified atom stereocenters. The van der Waals surface area contributed by atoms with Gasteiger partial charge in [-0.15, -0.1) is 0 Å². The van der Waals surface area contributed by atoms with Crippen LogP contribution < -0.4 is 4.72 Å². The van der Waals surface area contributed by atoms with Crippen LogP contribution in [0.3, 0.4) is 0 Å². The molecule has 2 N–H and O–H groups in total. The smallest absolute Gasteiger partial charge is 0.264 e. The maximum Gasteiger partial charge on any atom is 0.264 e. The molecule has 0 atom stereocenters. The number of halogens is 2. The molecule has 0 radical (unpaired) electrons. The number of sulfonamides is 1. The number of rotatable bonds is 3. The van der Waals surface area contributed by atoms with E-state index in [9.17, 15) is 8.42 Å². The normalized spacial score (nSPS) is 11.4. The number of anilines is 1. The van der Waals surface area contributed by atoms with Crippen LogP contribution in [0.15, 0.2) is 35.4 Å². The summed E-state index contributed by atoms with van der Waals surface area (Å²) in [6.45, 7) is 0. The van der Waals surface area contributed by atoms with Gasteiger partial charge < -0.3 is 0 Å². The van der Waals surface area contributed by atoms with Gasteiger partial charge in [-0.2, -0.15) is 5.10 Å². The summed E-state index contributed by atoms with van der Waals surface area (Å²) in [6, 6.07) is 5.87. The third-order valence-electron chi connectivity index (χ3n) is 1.95. The molecule has 1 heterocycles. The van der Waals surface area contributed by atoms with Gasteiger partial charge in [-0.3, -0.25) is 9.82 Å². The Balaban J connectivity index is 2.42. The third-order valence-corrected chi connectivity index (χ3v) is 4.29. The first-order chi connectivity index (χ1) is 8.00. The lowest BCUT2D eigenvalue weighted by molar-refractivity contribution is 0.601. The number of hydrogen-bond donors (Lipinski definition) is 2. The summed E-state index contributed by atoms with van der Waals surface area (Å²) in [5, 5.41) is 6.28. The van der Waals surface area contributed by atoms with Gasteiger partial charge in [-0.05, 0) is 12.1 Å². The molecule has 2 rings (SSSR count). The molecule has 0 aliphatic rings. The van der Waals surface area contributed by atoms with Crippen molar-refractivity contribution in [1.82, 2.24) is 10.2 Å². The van der Waals surface area contributed by atoms with Gasteiger partial charge in [0.15, 0.2) is 0 Å². The number of aromatic nitrogens is 2. The zero-order chi connectivity index (χ0) is 12.5. The fourth-order valence-electron chi connectivity index (χ4n) is 1.20. The first-order valence-electron chi connectivity index (χ1n) is 4.47. The Morgan fingerprint density at radius 1 is 1.24 bits per heavy atom. The van der Waals surface area contributed by atoms with Crippen molar-refractivity contribution in [3.05, 3.63) is 40.5 Å². The molecule has 2 aromatic rings. The van der Waals surface area contributed by atoms with Gasteiger partial charge in [-0.1, -0.05) is 29.3 Å². The largest absolute Gasteiger partial charge is 0.264 e. The molecule has 0 bridgehead atoms. The van der Waals surface area contributed by atoms with Crippen LogP contribution in [0.4, 0.5) is 5.82 Å². The summed E-state index contributed by atoms with van der Waals surface area (Å²) in [6.07, 6.45) is 1.43. The molecule has 0 spiro atoms. The summed E-state index contributed by atoms with van der Waals surface area (Å²) >= 11 is 11.6. The summed E-state index contributed by atoms with van der Waals surface area (Å²) in [5.41, 5.74) is 0. The Kier molecular flexibility index (Phi) is 3.28. The predicted octanol–water partition coefficient (Wildman–Crippen LogP) is 2.52. The van der Waals surface area contributed by atoms with E-state index in [1.165, 1.54) is 30.5 Å². The van der Waals surface area contributed by atoms with Crippen LogP contribution in [0.2, 0.25) is 10.0 Å².